The highest BCUT2D eigenvalue weighted by atomic mass is 16.6. The summed E-state index contributed by atoms with van der Waals surface area (Å²) in [5.74, 6) is -1.30. The minimum absolute atomic E-state index is 0.00672. The summed E-state index contributed by atoms with van der Waals surface area (Å²) in [6.45, 7) is 0. The number of phenols is 1. The number of benzene rings is 3. The molecule has 0 aliphatic carbocycles. The van der Waals surface area contributed by atoms with Gasteiger partial charge in [0.2, 0.25) is 0 Å². The number of nitro benzene ring substituents is 1. The van der Waals surface area contributed by atoms with E-state index in [-0.39, 0.29) is 34.1 Å². The molecule has 31 heavy (non-hydrogen) atoms. The summed E-state index contributed by atoms with van der Waals surface area (Å²) >= 11 is 0. The minimum Gasteiger partial charge on any atom is -0.507 e. The Hall–Kier alpha value is -4.40. The highest BCUT2D eigenvalue weighted by Gasteiger charge is 2.16. The van der Waals surface area contributed by atoms with Gasteiger partial charge in [-0.05, 0) is 48.5 Å². The number of carbonyl (C=O) groups is 2. The molecule has 0 aliphatic rings. The molecule has 9 nitrogen and oxygen atoms in total. The normalized spacial score (nSPS) is 10.3. The zero-order valence-electron chi connectivity index (χ0n) is 16.6. The zero-order valence-corrected chi connectivity index (χ0v) is 16.6. The van der Waals surface area contributed by atoms with Gasteiger partial charge in [-0.3, -0.25) is 10.1 Å². The van der Waals surface area contributed by atoms with Crippen molar-refractivity contribution < 1.29 is 29.1 Å². The summed E-state index contributed by atoms with van der Waals surface area (Å²) in [5, 5.41) is 20.7. The molecule has 0 radical (unpaired) electrons. The summed E-state index contributed by atoms with van der Waals surface area (Å²) in [6, 6.07) is 15.3. The van der Waals surface area contributed by atoms with Crippen molar-refractivity contribution in [2.75, 3.05) is 19.0 Å². The van der Waals surface area contributed by atoms with Gasteiger partial charge < -0.3 is 19.5 Å². The number of aromatic hydroxyl groups is 1. The van der Waals surface area contributed by atoms with Crippen LogP contribution in [0.1, 0.15) is 20.7 Å². The SMILES string of the molecule is CN(C)c1ccc(C(=O)Oc2ccc(C(=O)Oc3ccc([N+](=O)[O-])cc3)cc2)c(O)c1. The number of nitrogens with zero attached hydrogens (tertiary/aromatic N) is 2. The molecule has 0 atom stereocenters. The number of phenolic OH excluding ortho intramolecular Hbond substituents is 1. The van der Waals surface area contributed by atoms with Crippen molar-refractivity contribution in [3.8, 4) is 17.2 Å². The van der Waals surface area contributed by atoms with Crippen LogP contribution < -0.4 is 14.4 Å². The third kappa shape index (κ3) is 5.15. The second kappa shape index (κ2) is 8.95. The highest BCUT2D eigenvalue weighted by molar-refractivity contribution is 5.95. The van der Waals surface area contributed by atoms with E-state index in [0.717, 1.165) is 5.69 Å². The molecular formula is C22H18N2O7. The number of carbonyl (C=O) groups excluding carboxylic acids is 2. The lowest BCUT2D eigenvalue weighted by Gasteiger charge is -2.14. The number of hydrogen-bond acceptors (Lipinski definition) is 8. The summed E-state index contributed by atoms with van der Waals surface area (Å²) in [4.78, 5) is 36.4. The fourth-order valence-electron chi connectivity index (χ4n) is 2.59. The van der Waals surface area contributed by atoms with E-state index in [1.807, 2.05) is 0 Å². The lowest BCUT2D eigenvalue weighted by Crippen LogP contribution is -2.12. The van der Waals surface area contributed by atoms with E-state index in [4.69, 9.17) is 9.47 Å². The third-order valence-corrected chi connectivity index (χ3v) is 4.28. The molecule has 0 aliphatic heterocycles. The van der Waals surface area contributed by atoms with Crippen LogP contribution in [0.5, 0.6) is 17.2 Å². The van der Waals surface area contributed by atoms with E-state index in [0.29, 0.717) is 0 Å². The van der Waals surface area contributed by atoms with Gasteiger partial charge >= 0.3 is 11.9 Å². The monoisotopic (exact) mass is 422 g/mol. The van der Waals surface area contributed by atoms with Crippen LogP contribution in [0.2, 0.25) is 0 Å². The molecule has 0 spiro atoms. The van der Waals surface area contributed by atoms with Crippen LogP contribution >= 0.6 is 0 Å². The maximum atomic E-state index is 12.3. The number of non-ortho nitro benzene ring substituents is 1. The summed E-state index contributed by atoms with van der Waals surface area (Å²) in [5.41, 5.74) is 0.807. The number of ether oxygens (including phenoxy) is 2. The minimum atomic E-state index is -0.746. The summed E-state index contributed by atoms with van der Waals surface area (Å²) in [7, 11) is 3.61. The van der Waals surface area contributed by atoms with Gasteiger partial charge in [-0.15, -0.1) is 0 Å². The number of anilines is 1. The maximum absolute atomic E-state index is 12.3. The number of nitro groups is 1. The molecule has 0 fully saturated rings. The van der Waals surface area contributed by atoms with Crippen molar-refractivity contribution in [2.45, 2.75) is 0 Å². The van der Waals surface area contributed by atoms with Crippen LogP contribution in [-0.4, -0.2) is 36.1 Å². The Morgan fingerprint density at radius 3 is 1.94 bits per heavy atom. The molecule has 0 saturated carbocycles. The summed E-state index contributed by atoms with van der Waals surface area (Å²) in [6.07, 6.45) is 0. The Balaban J connectivity index is 1.65. The molecule has 1 N–H and O–H groups in total. The van der Waals surface area contributed by atoms with Gasteiger partial charge in [0.15, 0.2) is 0 Å². The number of esters is 2. The van der Waals surface area contributed by atoms with E-state index >= 15 is 0 Å². The molecule has 3 aromatic rings. The first-order chi connectivity index (χ1) is 14.7. The topological polar surface area (TPSA) is 119 Å². The molecular weight excluding hydrogens is 404 g/mol. The van der Waals surface area contributed by atoms with Gasteiger partial charge in [-0.1, -0.05) is 0 Å². The third-order valence-electron chi connectivity index (χ3n) is 4.28. The van der Waals surface area contributed by atoms with Gasteiger partial charge in [0.05, 0.1) is 10.5 Å². The smallest absolute Gasteiger partial charge is 0.347 e. The lowest BCUT2D eigenvalue weighted by molar-refractivity contribution is -0.384. The van der Waals surface area contributed by atoms with Gasteiger partial charge in [0.25, 0.3) is 5.69 Å². The molecule has 0 saturated heterocycles. The molecule has 0 amide bonds. The Kier molecular flexibility index (Phi) is 6.15. The zero-order chi connectivity index (χ0) is 22.5. The molecule has 0 aromatic heterocycles. The Labute approximate surface area is 177 Å². The summed E-state index contributed by atoms with van der Waals surface area (Å²) < 4.78 is 10.4. The first kappa shape index (κ1) is 21.3. The molecule has 158 valence electrons. The van der Waals surface area contributed by atoms with E-state index in [1.165, 1.54) is 60.7 Å². The predicted octanol–water partition coefficient (Wildman–Crippen LogP) is 3.80. The Morgan fingerprint density at radius 1 is 0.871 bits per heavy atom. The fourth-order valence-corrected chi connectivity index (χ4v) is 2.59. The maximum Gasteiger partial charge on any atom is 0.347 e. The van der Waals surface area contributed by atoms with Crippen molar-refractivity contribution in [3.05, 3.63) is 88.0 Å². The number of hydrogen-bond donors (Lipinski definition) is 1. The van der Waals surface area contributed by atoms with Gasteiger partial charge in [0.1, 0.15) is 22.8 Å². The first-order valence-corrected chi connectivity index (χ1v) is 9.04. The van der Waals surface area contributed by atoms with Crippen LogP contribution in [0.25, 0.3) is 0 Å². The molecule has 0 bridgehead atoms. The van der Waals surface area contributed by atoms with Crippen molar-refractivity contribution in [3.63, 3.8) is 0 Å². The standard InChI is InChI=1S/C22H18N2O7/c1-23(2)16-7-12-19(20(25)13-16)22(27)31-17-8-3-14(4-9-17)21(26)30-18-10-5-15(6-11-18)24(28)29/h3-13,25H,1-2H3. The quantitative estimate of drug-likeness (QED) is 0.276. The second-order valence-electron chi connectivity index (χ2n) is 6.65. The van der Waals surface area contributed by atoms with Crippen LogP contribution in [0.15, 0.2) is 66.7 Å². The van der Waals surface area contributed by atoms with Crippen molar-refractivity contribution in [1.29, 1.82) is 0 Å². The predicted molar refractivity (Wildman–Crippen MR) is 112 cm³/mol. The highest BCUT2D eigenvalue weighted by Crippen LogP contribution is 2.25. The molecule has 9 heteroatoms. The van der Waals surface area contributed by atoms with E-state index in [2.05, 4.69) is 0 Å². The first-order valence-electron chi connectivity index (χ1n) is 9.04. The average molecular weight is 422 g/mol. The lowest BCUT2D eigenvalue weighted by atomic mass is 10.1. The molecule has 0 unspecified atom stereocenters. The molecule has 3 aromatic carbocycles. The Morgan fingerprint density at radius 2 is 1.42 bits per heavy atom. The average Bonchev–Trinajstić information content (AvgIpc) is 2.74. The van der Waals surface area contributed by atoms with E-state index in [1.54, 1.807) is 25.1 Å². The van der Waals surface area contributed by atoms with E-state index in [9.17, 15) is 24.8 Å². The van der Waals surface area contributed by atoms with E-state index < -0.39 is 16.9 Å². The van der Waals surface area contributed by atoms with Gasteiger partial charge in [-0.25, -0.2) is 9.59 Å². The van der Waals surface area contributed by atoms with Crippen LogP contribution in [0.4, 0.5) is 11.4 Å². The van der Waals surface area contributed by atoms with Crippen molar-refractivity contribution in [2.24, 2.45) is 0 Å². The van der Waals surface area contributed by atoms with Crippen LogP contribution in [-0.2, 0) is 0 Å². The molecule has 3 rings (SSSR count). The van der Waals surface area contributed by atoms with Crippen molar-refractivity contribution >= 4 is 23.3 Å². The largest absolute Gasteiger partial charge is 0.507 e. The Bertz CT molecular complexity index is 1120. The molecule has 0 heterocycles. The second-order valence-corrected chi connectivity index (χ2v) is 6.65. The van der Waals surface area contributed by atoms with Gasteiger partial charge in [-0.2, -0.15) is 0 Å². The van der Waals surface area contributed by atoms with Crippen molar-refractivity contribution in [1.82, 2.24) is 0 Å². The number of rotatable bonds is 6. The van der Waals surface area contributed by atoms with Gasteiger partial charge in [0, 0.05) is 38.0 Å². The fraction of sp³-hybridized carbons (Fsp3) is 0.0909. The van der Waals surface area contributed by atoms with Crippen LogP contribution in [0, 0.1) is 10.1 Å². The van der Waals surface area contributed by atoms with Crippen LogP contribution in [0.3, 0.4) is 0 Å².